The van der Waals surface area contributed by atoms with Crippen molar-refractivity contribution in [1.29, 1.82) is 0 Å². The smallest absolute Gasteiger partial charge is 0.383 e. The number of aliphatic hydroxyl groups is 1. The molecule has 11 heavy (non-hydrogen) atoms. The molecule has 0 aromatic heterocycles. The van der Waals surface area contributed by atoms with Crippen LogP contribution in [0.2, 0.25) is 0 Å². The van der Waals surface area contributed by atoms with E-state index in [1.807, 2.05) is 0 Å². The van der Waals surface area contributed by atoms with Gasteiger partial charge in [0.2, 0.25) is 0 Å². The average Bonchev–Trinajstić information content (AvgIpc) is 1.85. The Morgan fingerprint density at radius 1 is 1.55 bits per heavy atom. The molecule has 0 radical (unpaired) electrons. The Morgan fingerprint density at radius 3 is 2.27 bits per heavy atom. The van der Waals surface area contributed by atoms with E-state index in [0.29, 0.717) is 0 Å². The number of ketones is 1. The second kappa shape index (κ2) is 3.71. The summed E-state index contributed by atoms with van der Waals surface area (Å²) in [7, 11) is 0. The largest absolute Gasteiger partial charge is 0.414 e. The summed E-state index contributed by atoms with van der Waals surface area (Å²) in [4.78, 5) is 10.4. The van der Waals surface area contributed by atoms with Crippen molar-refractivity contribution in [3.63, 3.8) is 0 Å². The molecule has 0 rings (SSSR count). The molecule has 0 fully saturated rings. The molecule has 0 aliphatic rings. The fraction of sp³-hybridized carbons (Fsp3) is 0.833. The maximum absolute atomic E-state index is 11.5. The molecule has 1 unspecified atom stereocenters. The van der Waals surface area contributed by atoms with E-state index in [4.69, 9.17) is 5.11 Å². The van der Waals surface area contributed by atoms with Crippen LogP contribution in [0.15, 0.2) is 0 Å². The molecule has 66 valence electrons. The number of carbonyl (C=O) groups is 1. The molecule has 0 heterocycles. The maximum atomic E-state index is 11.5. The van der Waals surface area contributed by atoms with Crippen molar-refractivity contribution in [3.05, 3.63) is 0 Å². The van der Waals surface area contributed by atoms with E-state index in [-0.39, 0.29) is 6.42 Å². The van der Waals surface area contributed by atoms with Gasteiger partial charge in [0.25, 0.3) is 0 Å². The SMILES string of the molecule is CCC(=O)CC(O)C(F)(F)F. The fourth-order valence-electron chi connectivity index (χ4n) is 0.476. The molecule has 0 amide bonds. The molecule has 5 heteroatoms. The number of alkyl halides is 3. The highest BCUT2D eigenvalue weighted by atomic mass is 19.4. The third-order valence-corrected chi connectivity index (χ3v) is 1.19. The predicted molar refractivity (Wildman–Crippen MR) is 32.0 cm³/mol. The van der Waals surface area contributed by atoms with Gasteiger partial charge >= 0.3 is 6.18 Å². The quantitative estimate of drug-likeness (QED) is 0.692. The first-order valence-corrected chi connectivity index (χ1v) is 3.14. The van der Waals surface area contributed by atoms with Gasteiger partial charge in [-0.15, -0.1) is 0 Å². The number of rotatable bonds is 3. The van der Waals surface area contributed by atoms with Crippen LogP contribution in [0.25, 0.3) is 0 Å². The van der Waals surface area contributed by atoms with E-state index in [0.717, 1.165) is 0 Å². The molecule has 0 aliphatic heterocycles. The van der Waals surface area contributed by atoms with Crippen molar-refractivity contribution in [1.82, 2.24) is 0 Å². The van der Waals surface area contributed by atoms with Crippen LogP contribution in [-0.2, 0) is 4.79 Å². The highest BCUT2D eigenvalue weighted by Crippen LogP contribution is 2.22. The first kappa shape index (κ1) is 10.4. The van der Waals surface area contributed by atoms with Gasteiger partial charge in [-0.1, -0.05) is 6.92 Å². The number of Topliss-reactive ketones (excluding diaryl/α,β-unsaturated/α-hetero) is 1. The highest BCUT2D eigenvalue weighted by molar-refractivity contribution is 5.78. The van der Waals surface area contributed by atoms with Crippen LogP contribution < -0.4 is 0 Å². The topological polar surface area (TPSA) is 37.3 Å². The molecule has 0 saturated heterocycles. The lowest BCUT2D eigenvalue weighted by Crippen LogP contribution is -2.30. The van der Waals surface area contributed by atoms with Crippen LogP contribution >= 0.6 is 0 Å². The van der Waals surface area contributed by atoms with E-state index < -0.39 is 24.5 Å². The van der Waals surface area contributed by atoms with Gasteiger partial charge in [0.05, 0.1) is 0 Å². The van der Waals surface area contributed by atoms with E-state index >= 15 is 0 Å². The lowest BCUT2D eigenvalue weighted by Gasteiger charge is -2.12. The summed E-state index contributed by atoms with van der Waals surface area (Å²) in [5, 5.41) is 8.34. The molecule has 0 aromatic rings. The van der Waals surface area contributed by atoms with E-state index in [1.165, 1.54) is 6.92 Å². The minimum absolute atomic E-state index is 0.0210. The molecular weight excluding hydrogens is 161 g/mol. The standard InChI is InChI=1S/C6H9F3O2/c1-2-4(10)3-5(11)6(7,8)9/h5,11H,2-3H2,1H3. The number of hydrogen-bond donors (Lipinski definition) is 1. The lowest BCUT2D eigenvalue weighted by molar-refractivity contribution is -0.205. The van der Waals surface area contributed by atoms with Crippen molar-refractivity contribution >= 4 is 5.78 Å². The maximum Gasteiger partial charge on any atom is 0.414 e. The second-order valence-corrected chi connectivity index (χ2v) is 2.15. The van der Waals surface area contributed by atoms with E-state index in [1.54, 1.807) is 0 Å². The first-order chi connectivity index (χ1) is 4.88. The van der Waals surface area contributed by atoms with Crippen LogP contribution in [0.3, 0.4) is 0 Å². The van der Waals surface area contributed by atoms with E-state index in [9.17, 15) is 18.0 Å². The molecule has 0 aliphatic carbocycles. The Balaban J connectivity index is 3.87. The van der Waals surface area contributed by atoms with Crippen LogP contribution in [-0.4, -0.2) is 23.2 Å². The third-order valence-electron chi connectivity index (χ3n) is 1.19. The Bertz CT molecular complexity index is 141. The zero-order valence-electron chi connectivity index (χ0n) is 5.98. The van der Waals surface area contributed by atoms with Gasteiger partial charge in [-0.25, -0.2) is 0 Å². The molecule has 0 aromatic carbocycles. The molecular formula is C6H9F3O2. The minimum atomic E-state index is -4.68. The summed E-state index contributed by atoms with van der Waals surface area (Å²) in [6.45, 7) is 1.45. The lowest BCUT2D eigenvalue weighted by atomic mass is 10.1. The molecule has 0 saturated carbocycles. The van der Waals surface area contributed by atoms with Crippen LogP contribution in [0.5, 0.6) is 0 Å². The van der Waals surface area contributed by atoms with Crippen LogP contribution in [0, 0.1) is 0 Å². The summed E-state index contributed by atoms with van der Waals surface area (Å²) in [5.74, 6) is -0.588. The summed E-state index contributed by atoms with van der Waals surface area (Å²) < 4.78 is 34.6. The Labute approximate surface area is 62.0 Å². The predicted octanol–water partition coefficient (Wildman–Crippen LogP) is 1.28. The van der Waals surface area contributed by atoms with Crippen molar-refractivity contribution < 1.29 is 23.1 Å². The molecule has 0 spiro atoms. The van der Waals surface area contributed by atoms with Crippen molar-refractivity contribution in [3.8, 4) is 0 Å². The van der Waals surface area contributed by atoms with Gasteiger partial charge in [-0.3, -0.25) is 4.79 Å². The highest BCUT2D eigenvalue weighted by Gasteiger charge is 2.38. The van der Waals surface area contributed by atoms with E-state index in [2.05, 4.69) is 0 Å². The summed E-state index contributed by atoms with van der Waals surface area (Å²) in [6.07, 6.45) is -7.99. The normalized spacial score (nSPS) is 14.6. The number of halogens is 3. The molecule has 1 atom stereocenters. The Hall–Kier alpha value is -0.580. The van der Waals surface area contributed by atoms with Crippen LogP contribution in [0.4, 0.5) is 13.2 Å². The van der Waals surface area contributed by atoms with Crippen LogP contribution in [0.1, 0.15) is 19.8 Å². The van der Waals surface area contributed by atoms with Gasteiger partial charge < -0.3 is 5.11 Å². The molecule has 0 bridgehead atoms. The minimum Gasteiger partial charge on any atom is -0.383 e. The van der Waals surface area contributed by atoms with Gasteiger partial charge in [0.1, 0.15) is 5.78 Å². The first-order valence-electron chi connectivity index (χ1n) is 3.14. The summed E-state index contributed by atoms with van der Waals surface area (Å²) in [6, 6.07) is 0. The van der Waals surface area contributed by atoms with Crippen molar-refractivity contribution in [2.75, 3.05) is 0 Å². The second-order valence-electron chi connectivity index (χ2n) is 2.15. The number of hydrogen-bond acceptors (Lipinski definition) is 2. The summed E-state index contributed by atoms with van der Waals surface area (Å²) in [5.41, 5.74) is 0. The van der Waals surface area contributed by atoms with Crippen molar-refractivity contribution in [2.45, 2.75) is 32.0 Å². The van der Waals surface area contributed by atoms with Gasteiger partial charge in [-0.2, -0.15) is 13.2 Å². The van der Waals surface area contributed by atoms with Crippen molar-refractivity contribution in [2.24, 2.45) is 0 Å². The van der Waals surface area contributed by atoms with Gasteiger partial charge in [-0.05, 0) is 0 Å². The zero-order valence-corrected chi connectivity index (χ0v) is 5.98. The number of aliphatic hydroxyl groups excluding tert-OH is 1. The van der Waals surface area contributed by atoms with Gasteiger partial charge in [0.15, 0.2) is 6.10 Å². The average molecular weight is 170 g/mol. The molecule has 1 N–H and O–H groups in total. The monoisotopic (exact) mass is 170 g/mol. The zero-order chi connectivity index (χ0) is 9.07. The third kappa shape index (κ3) is 3.98. The molecule has 2 nitrogen and oxygen atoms in total. The Morgan fingerprint density at radius 2 is 2.00 bits per heavy atom. The fourth-order valence-corrected chi connectivity index (χ4v) is 0.476. The summed E-state index contributed by atoms with van der Waals surface area (Å²) >= 11 is 0. The number of carbonyl (C=O) groups excluding carboxylic acids is 1. The van der Waals surface area contributed by atoms with Gasteiger partial charge in [0, 0.05) is 12.8 Å². The Kier molecular flexibility index (Phi) is 3.51.